The van der Waals surface area contributed by atoms with E-state index in [2.05, 4.69) is 9.88 Å². The molecule has 2 aromatic carbocycles. The third-order valence-corrected chi connectivity index (χ3v) is 6.23. The molecule has 1 aliphatic heterocycles. The van der Waals surface area contributed by atoms with Gasteiger partial charge in [-0.2, -0.15) is 0 Å². The molecule has 1 atom stereocenters. The maximum Gasteiger partial charge on any atom is 0.407 e. The fourth-order valence-electron chi connectivity index (χ4n) is 4.47. The van der Waals surface area contributed by atoms with Gasteiger partial charge in [-0.15, -0.1) is 0 Å². The van der Waals surface area contributed by atoms with E-state index < -0.39 is 6.09 Å². The Morgan fingerprint density at radius 3 is 2.68 bits per heavy atom. The largest absolute Gasteiger partial charge is 0.507 e. The first-order chi connectivity index (χ1) is 16.5. The van der Waals surface area contributed by atoms with Crippen LogP contribution in [0.3, 0.4) is 0 Å². The van der Waals surface area contributed by atoms with Crippen LogP contribution in [-0.2, 0) is 6.54 Å². The van der Waals surface area contributed by atoms with Crippen molar-refractivity contribution < 1.29 is 15.0 Å². The van der Waals surface area contributed by atoms with Crippen LogP contribution < -0.4 is 4.90 Å². The van der Waals surface area contributed by atoms with Gasteiger partial charge in [-0.3, -0.25) is 9.88 Å². The van der Waals surface area contributed by atoms with Gasteiger partial charge in [-0.1, -0.05) is 18.2 Å². The van der Waals surface area contributed by atoms with Gasteiger partial charge in [0.15, 0.2) is 5.82 Å². The normalized spacial score (nSPS) is 15.6. The Hall–Kier alpha value is -4.20. The van der Waals surface area contributed by atoms with E-state index in [1.807, 2.05) is 43.3 Å². The van der Waals surface area contributed by atoms with Crippen LogP contribution in [0.2, 0.25) is 0 Å². The van der Waals surface area contributed by atoms with Gasteiger partial charge in [-0.25, -0.2) is 14.8 Å². The highest BCUT2D eigenvalue weighted by molar-refractivity contribution is 5.92. The summed E-state index contributed by atoms with van der Waals surface area (Å²) in [5.74, 6) is 1.32. The molecule has 1 unspecified atom stereocenters. The fraction of sp³-hybridized carbons (Fsp3) is 0.231. The fourth-order valence-corrected chi connectivity index (χ4v) is 4.47. The molecule has 0 spiro atoms. The number of rotatable bonds is 5. The summed E-state index contributed by atoms with van der Waals surface area (Å²) in [6, 6.07) is 16.6. The molecule has 172 valence electrons. The second-order valence-electron chi connectivity index (χ2n) is 8.56. The molecule has 2 N–H and O–H groups in total. The van der Waals surface area contributed by atoms with E-state index in [9.17, 15) is 15.0 Å². The summed E-state index contributed by atoms with van der Waals surface area (Å²) in [7, 11) is 0. The van der Waals surface area contributed by atoms with Crippen LogP contribution in [-0.4, -0.2) is 55.3 Å². The number of nitrogens with zero attached hydrogens (tertiary/aromatic N) is 5. The quantitative estimate of drug-likeness (QED) is 0.458. The highest BCUT2D eigenvalue weighted by atomic mass is 16.4. The Kier molecular flexibility index (Phi) is 5.71. The van der Waals surface area contributed by atoms with Gasteiger partial charge in [-0.05, 0) is 60.9 Å². The summed E-state index contributed by atoms with van der Waals surface area (Å²) in [5, 5.41) is 21.2. The Morgan fingerprint density at radius 2 is 1.91 bits per heavy atom. The summed E-state index contributed by atoms with van der Waals surface area (Å²) < 4.78 is 0. The predicted octanol–water partition coefficient (Wildman–Crippen LogP) is 4.46. The number of para-hydroxylation sites is 1. The molecule has 2 aromatic heterocycles. The summed E-state index contributed by atoms with van der Waals surface area (Å²) in [6.45, 7) is 3.52. The average molecular weight is 456 g/mol. The van der Waals surface area contributed by atoms with Crippen molar-refractivity contribution in [2.45, 2.75) is 25.9 Å². The number of aromatic hydroxyl groups is 1. The third-order valence-electron chi connectivity index (χ3n) is 6.23. The maximum atomic E-state index is 12.1. The molecule has 1 fully saturated rings. The SMILES string of the molecule is Cc1ccc2c(N3CCC(N(Cc4ccncc4)C(=O)O)C3)nc(-c3ccccc3O)nc2c1. The van der Waals surface area contributed by atoms with Gasteiger partial charge in [0.2, 0.25) is 0 Å². The van der Waals surface area contributed by atoms with Crippen LogP contribution in [0, 0.1) is 6.92 Å². The zero-order valence-corrected chi connectivity index (χ0v) is 18.8. The van der Waals surface area contributed by atoms with Crippen LogP contribution in [0.15, 0.2) is 67.0 Å². The Morgan fingerprint density at radius 1 is 1.12 bits per heavy atom. The van der Waals surface area contributed by atoms with Crippen LogP contribution >= 0.6 is 0 Å². The van der Waals surface area contributed by atoms with E-state index in [0.717, 1.165) is 27.8 Å². The molecule has 8 heteroatoms. The standard InChI is InChI=1S/C26H25N5O3/c1-17-6-7-20-22(14-17)28-24(21-4-2-3-5-23(21)32)29-25(20)30-13-10-19(16-30)31(26(33)34)15-18-8-11-27-12-9-18/h2-9,11-12,14,19,32H,10,13,15-16H2,1H3,(H,33,34). The maximum absolute atomic E-state index is 12.1. The van der Waals surface area contributed by atoms with Gasteiger partial charge >= 0.3 is 6.09 Å². The molecule has 1 aliphatic rings. The van der Waals surface area contributed by atoms with Crippen molar-refractivity contribution in [1.82, 2.24) is 19.9 Å². The Bertz CT molecular complexity index is 1350. The number of phenols is 1. The van der Waals surface area contributed by atoms with Crippen LogP contribution in [0.25, 0.3) is 22.3 Å². The lowest BCUT2D eigenvalue weighted by Crippen LogP contribution is -2.40. The van der Waals surface area contributed by atoms with Crippen molar-refractivity contribution in [2.75, 3.05) is 18.0 Å². The summed E-state index contributed by atoms with van der Waals surface area (Å²) in [4.78, 5) is 29.3. The summed E-state index contributed by atoms with van der Waals surface area (Å²) in [6.07, 6.45) is 3.10. The highest BCUT2D eigenvalue weighted by Crippen LogP contribution is 2.34. The van der Waals surface area contributed by atoms with Crippen LogP contribution in [0.1, 0.15) is 17.5 Å². The number of hydrogen-bond acceptors (Lipinski definition) is 6. The van der Waals surface area contributed by atoms with Gasteiger partial charge in [0, 0.05) is 37.4 Å². The molecule has 5 rings (SSSR count). The molecule has 1 amide bonds. The third kappa shape index (κ3) is 4.22. The molecular weight excluding hydrogens is 430 g/mol. The molecule has 0 saturated carbocycles. The molecule has 34 heavy (non-hydrogen) atoms. The van der Waals surface area contributed by atoms with E-state index >= 15 is 0 Å². The van der Waals surface area contributed by atoms with E-state index in [-0.39, 0.29) is 11.8 Å². The second kappa shape index (κ2) is 8.97. The Balaban J connectivity index is 1.50. The number of benzene rings is 2. The predicted molar refractivity (Wildman–Crippen MR) is 130 cm³/mol. The monoisotopic (exact) mass is 455 g/mol. The molecule has 3 heterocycles. The molecular formula is C26H25N5O3. The zero-order chi connectivity index (χ0) is 23.7. The number of hydrogen-bond donors (Lipinski definition) is 2. The second-order valence-corrected chi connectivity index (χ2v) is 8.56. The number of aryl methyl sites for hydroxylation is 1. The number of anilines is 1. The number of pyridine rings is 1. The number of carboxylic acid groups (broad SMARTS) is 1. The van der Waals surface area contributed by atoms with Crippen molar-refractivity contribution in [3.05, 3.63) is 78.1 Å². The lowest BCUT2D eigenvalue weighted by Gasteiger charge is -2.27. The molecule has 8 nitrogen and oxygen atoms in total. The average Bonchev–Trinajstić information content (AvgIpc) is 3.32. The molecule has 4 aromatic rings. The molecule has 1 saturated heterocycles. The number of aromatic nitrogens is 3. The minimum Gasteiger partial charge on any atom is -0.507 e. The zero-order valence-electron chi connectivity index (χ0n) is 18.8. The first kappa shape index (κ1) is 21.6. The summed E-state index contributed by atoms with van der Waals surface area (Å²) in [5.41, 5.74) is 3.33. The van der Waals surface area contributed by atoms with Crippen molar-refractivity contribution in [3.8, 4) is 17.1 Å². The van der Waals surface area contributed by atoms with E-state index in [0.29, 0.717) is 37.4 Å². The van der Waals surface area contributed by atoms with Gasteiger partial charge in [0.1, 0.15) is 11.6 Å². The minimum atomic E-state index is -0.943. The van der Waals surface area contributed by atoms with Crippen molar-refractivity contribution in [3.63, 3.8) is 0 Å². The number of amides is 1. The van der Waals surface area contributed by atoms with E-state index in [4.69, 9.17) is 9.97 Å². The highest BCUT2D eigenvalue weighted by Gasteiger charge is 2.32. The van der Waals surface area contributed by atoms with Crippen molar-refractivity contribution in [1.29, 1.82) is 0 Å². The van der Waals surface area contributed by atoms with E-state index in [1.54, 1.807) is 30.6 Å². The summed E-state index contributed by atoms with van der Waals surface area (Å²) >= 11 is 0. The number of phenolic OH excluding ortho intramolecular Hbond substituents is 1. The minimum absolute atomic E-state index is 0.120. The van der Waals surface area contributed by atoms with Crippen LogP contribution in [0.5, 0.6) is 5.75 Å². The topological polar surface area (TPSA) is 103 Å². The lowest BCUT2D eigenvalue weighted by molar-refractivity contribution is 0.124. The van der Waals surface area contributed by atoms with Gasteiger partial charge in [0.25, 0.3) is 0 Å². The first-order valence-corrected chi connectivity index (χ1v) is 11.2. The first-order valence-electron chi connectivity index (χ1n) is 11.2. The Labute approximate surface area is 197 Å². The van der Waals surface area contributed by atoms with E-state index in [1.165, 1.54) is 4.90 Å². The van der Waals surface area contributed by atoms with Gasteiger partial charge in [0.05, 0.1) is 17.1 Å². The lowest BCUT2D eigenvalue weighted by atomic mass is 10.1. The van der Waals surface area contributed by atoms with Crippen molar-refractivity contribution in [2.24, 2.45) is 0 Å². The molecule has 0 bridgehead atoms. The smallest absolute Gasteiger partial charge is 0.407 e. The van der Waals surface area contributed by atoms with Gasteiger partial charge < -0.3 is 15.1 Å². The van der Waals surface area contributed by atoms with Crippen LogP contribution in [0.4, 0.5) is 10.6 Å². The van der Waals surface area contributed by atoms with Crippen molar-refractivity contribution >= 4 is 22.8 Å². The number of carbonyl (C=O) groups is 1. The number of fused-ring (bicyclic) bond motifs is 1. The molecule has 0 aliphatic carbocycles. The molecule has 0 radical (unpaired) electrons.